The molecule has 0 saturated carbocycles. The van der Waals surface area contributed by atoms with E-state index in [0.29, 0.717) is 22.0 Å². The van der Waals surface area contributed by atoms with Gasteiger partial charge < -0.3 is 19.3 Å². The number of ether oxygens (including phenoxy) is 2. The first-order valence-corrected chi connectivity index (χ1v) is 12.0. The number of rotatable bonds is 5. The number of halogens is 5. The summed E-state index contributed by atoms with van der Waals surface area (Å²) < 4.78 is 49.5. The zero-order valence-corrected chi connectivity index (χ0v) is 20.5. The Morgan fingerprint density at radius 3 is 2.09 bits per heavy atom. The molecule has 2 heterocycles. The fourth-order valence-corrected chi connectivity index (χ4v) is 5.33. The molecule has 0 bridgehead atoms. The third-order valence-electron chi connectivity index (χ3n) is 6.75. The highest BCUT2D eigenvalue weighted by Crippen LogP contribution is 2.55. The molecule has 3 aromatic carbocycles. The van der Waals surface area contributed by atoms with Crippen LogP contribution in [-0.4, -0.2) is 24.4 Å². The quantitative estimate of drug-likeness (QED) is 0.319. The van der Waals surface area contributed by atoms with Gasteiger partial charge in [-0.2, -0.15) is 0 Å². The molecule has 2 saturated heterocycles. The minimum atomic E-state index is -4.78. The van der Waals surface area contributed by atoms with Crippen LogP contribution in [0.15, 0.2) is 72.8 Å². The minimum absolute atomic E-state index is 0.234. The third kappa shape index (κ3) is 4.53. The highest BCUT2D eigenvalue weighted by molar-refractivity contribution is 6.30. The molecule has 0 aliphatic carbocycles. The van der Waals surface area contributed by atoms with Gasteiger partial charge in [0.15, 0.2) is 12.5 Å². The van der Waals surface area contributed by atoms with Crippen molar-refractivity contribution in [3.8, 4) is 5.75 Å². The summed E-state index contributed by atoms with van der Waals surface area (Å²) in [5, 5.41) is 1.21. The molecule has 0 N–H and O–H groups in total. The van der Waals surface area contributed by atoms with Crippen molar-refractivity contribution in [1.29, 1.82) is 0 Å². The topological polar surface area (TPSA) is 28.2 Å². The second-order valence-corrected chi connectivity index (χ2v) is 9.75. The second kappa shape index (κ2) is 8.80. The van der Waals surface area contributed by atoms with E-state index in [1.807, 2.05) is 42.5 Å². The summed E-state index contributed by atoms with van der Waals surface area (Å²) in [4.78, 5) is 4.34. The molecule has 3 aromatic rings. The van der Waals surface area contributed by atoms with Crippen molar-refractivity contribution in [2.24, 2.45) is 0 Å². The zero-order valence-electron chi connectivity index (χ0n) is 19.0. The van der Waals surface area contributed by atoms with E-state index in [2.05, 4.69) is 28.4 Å². The predicted octanol–water partition coefficient (Wildman–Crippen LogP) is 7.81. The lowest BCUT2D eigenvalue weighted by Crippen LogP contribution is -2.62. The average Bonchev–Trinajstić information content (AvgIpc) is 3.59. The molecule has 9 heteroatoms. The van der Waals surface area contributed by atoms with E-state index < -0.39 is 11.9 Å². The standard InChI is InChI=1S/C26H23Cl2F3N2O2/c1-3-25(2)22(16-5-4-6-21(15-16)35-26(29,30)31)32(19-11-7-17(27)8-12-19)23-24(34-23)33(25)20-13-9-18(28)10-14-20/h4-15,22-24H,3H2,1-2H3/t22-,23?,24?,25+/m0/s1. The number of alkyl halides is 3. The Bertz CT molecular complexity index is 1210. The number of hydrogen-bond acceptors (Lipinski definition) is 4. The lowest BCUT2D eigenvalue weighted by atomic mass is 9.79. The fourth-order valence-electron chi connectivity index (χ4n) is 5.08. The van der Waals surface area contributed by atoms with Crippen molar-refractivity contribution in [2.75, 3.05) is 9.80 Å². The third-order valence-corrected chi connectivity index (χ3v) is 7.25. The summed E-state index contributed by atoms with van der Waals surface area (Å²) in [6, 6.07) is 20.7. The number of benzene rings is 3. The van der Waals surface area contributed by atoms with E-state index in [-0.39, 0.29) is 24.2 Å². The molecular formula is C26H23Cl2F3N2O2. The maximum atomic E-state index is 13.0. The Morgan fingerprint density at radius 2 is 1.51 bits per heavy atom. The van der Waals surface area contributed by atoms with E-state index >= 15 is 0 Å². The van der Waals surface area contributed by atoms with Crippen LogP contribution in [0.1, 0.15) is 31.9 Å². The van der Waals surface area contributed by atoms with Crippen LogP contribution < -0.4 is 14.5 Å². The molecule has 0 radical (unpaired) electrons. The van der Waals surface area contributed by atoms with Gasteiger partial charge in [-0.1, -0.05) is 42.3 Å². The largest absolute Gasteiger partial charge is 0.573 e. The first kappa shape index (κ1) is 24.1. The maximum absolute atomic E-state index is 13.0. The van der Waals surface area contributed by atoms with E-state index in [4.69, 9.17) is 27.9 Å². The fraction of sp³-hybridized carbons (Fsp3) is 0.308. The molecule has 4 nitrogen and oxygen atoms in total. The SMILES string of the molecule is CC[C@]1(C)[C@H](c2cccc(OC(F)(F)F)c2)N(c2ccc(Cl)cc2)C2OC2N1c1ccc(Cl)cc1. The molecular weight excluding hydrogens is 500 g/mol. The lowest BCUT2D eigenvalue weighted by Gasteiger charge is -2.54. The van der Waals surface area contributed by atoms with Gasteiger partial charge in [-0.05, 0) is 79.6 Å². The van der Waals surface area contributed by atoms with Gasteiger partial charge in [0.1, 0.15) is 5.75 Å². The van der Waals surface area contributed by atoms with Crippen molar-refractivity contribution < 1.29 is 22.6 Å². The molecule has 5 rings (SSSR count). The van der Waals surface area contributed by atoms with Crippen LogP contribution in [0.5, 0.6) is 5.75 Å². The monoisotopic (exact) mass is 522 g/mol. The number of nitrogens with zero attached hydrogens (tertiary/aromatic N) is 2. The van der Waals surface area contributed by atoms with Gasteiger partial charge in [-0.3, -0.25) is 0 Å². The van der Waals surface area contributed by atoms with Gasteiger partial charge >= 0.3 is 6.36 Å². The molecule has 35 heavy (non-hydrogen) atoms. The molecule has 0 spiro atoms. The summed E-state index contributed by atoms with van der Waals surface area (Å²) in [6.07, 6.45) is -4.64. The molecule has 2 aliphatic heterocycles. The number of piperazine rings is 1. The van der Waals surface area contributed by atoms with Crippen molar-refractivity contribution in [1.82, 2.24) is 0 Å². The van der Waals surface area contributed by atoms with Crippen LogP contribution in [0.4, 0.5) is 24.5 Å². The zero-order chi connectivity index (χ0) is 25.0. The Kier molecular flexibility index (Phi) is 6.06. The average molecular weight is 523 g/mol. The predicted molar refractivity (Wildman–Crippen MR) is 131 cm³/mol. The maximum Gasteiger partial charge on any atom is 0.573 e. The van der Waals surface area contributed by atoms with Gasteiger partial charge in [0.05, 0.1) is 11.6 Å². The van der Waals surface area contributed by atoms with Gasteiger partial charge in [-0.15, -0.1) is 13.2 Å². The van der Waals surface area contributed by atoms with Crippen LogP contribution in [0, 0.1) is 0 Å². The van der Waals surface area contributed by atoms with Crippen molar-refractivity contribution in [2.45, 2.75) is 50.7 Å². The summed E-state index contributed by atoms with van der Waals surface area (Å²) in [5.41, 5.74) is 1.90. The summed E-state index contributed by atoms with van der Waals surface area (Å²) in [5.74, 6) is -0.263. The highest BCUT2D eigenvalue weighted by Gasteiger charge is 2.63. The van der Waals surface area contributed by atoms with Crippen LogP contribution in [-0.2, 0) is 4.74 Å². The molecule has 2 fully saturated rings. The molecule has 184 valence electrons. The summed E-state index contributed by atoms with van der Waals surface area (Å²) in [6.45, 7) is 4.17. The van der Waals surface area contributed by atoms with Crippen LogP contribution in [0.2, 0.25) is 10.0 Å². The Morgan fingerprint density at radius 1 is 0.914 bits per heavy atom. The van der Waals surface area contributed by atoms with Crippen LogP contribution in [0.25, 0.3) is 0 Å². The Labute approximate surface area is 211 Å². The summed E-state index contributed by atoms with van der Waals surface area (Å²) >= 11 is 12.3. The van der Waals surface area contributed by atoms with Gasteiger partial charge in [-0.25, -0.2) is 0 Å². The number of epoxide rings is 1. The second-order valence-electron chi connectivity index (χ2n) is 8.88. The Hall–Kier alpha value is -2.61. The van der Waals surface area contributed by atoms with Gasteiger partial charge in [0.25, 0.3) is 0 Å². The number of hydrogen-bond donors (Lipinski definition) is 0. The molecule has 4 atom stereocenters. The van der Waals surface area contributed by atoms with Crippen LogP contribution >= 0.6 is 23.2 Å². The van der Waals surface area contributed by atoms with E-state index in [1.54, 1.807) is 18.2 Å². The number of anilines is 2. The normalized spacial score (nSPS) is 25.9. The van der Waals surface area contributed by atoms with Crippen molar-refractivity contribution >= 4 is 34.6 Å². The van der Waals surface area contributed by atoms with Crippen molar-refractivity contribution in [3.63, 3.8) is 0 Å². The van der Waals surface area contributed by atoms with Crippen molar-refractivity contribution in [3.05, 3.63) is 88.4 Å². The minimum Gasteiger partial charge on any atom is -0.406 e. The van der Waals surface area contributed by atoms with Gasteiger partial charge in [0.2, 0.25) is 0 Å². The summed E-state index contributed by atoms with van der Waals surface area (Å²) in [7, 11) is 0. The van der Waals surface area contributed by atoms with E-state index in [0.717, 1.165) is 11.4 Å². The first-order valence-electron chi connectivity index (χ1n) is 11.2. The van der Waals surface area contributed by atoms with E-state index in [9.17, 15) is 13.2 Å². The molecule has 2 unspecified atom stereocenters. The Balaban J connectivity index is 1.66. The van der Waals surface area contributed by atoms with Gasteiger partial charge in [0, 0.05) is 21.4 Å². The molecule has 0 amide bonds. The first-order chi connectivity index (χ1) is 16.6. The molecule has 0 aromatic heterocycles. The lowest BCUT2D eigenvalue weighted by molar-refractivity contribution is -0.274. The van der Waals surface area contributed by atoms with E-state index in [1.165, 1.54) is 12.1 Å². The number of fused-ring (bicyclic) bond motifs is 1. The van der Waals surface area contributed by atoms with Crippen LogP contribution in [0.3, 0.4) is 0 Å². The highest BCUT2D eigenvalue weighted by atomic mass is 35.5. The smallest absolute Gasteiger partial charge is 0.406 e. The molecule has 2 aliphatic rings.